The smallest absolute Gasteiger partial charge is 0.133 e. The molecule has 2 aromatic carbocycles. The molecule has 0 spiro atoms. The van der Waals surface area contributed by atoms with Gasteiger partial charge in [-0.25, -0.2) is 4.98 Å². The molecule has 0 aliphatic carbocycles. The number of fused-ring (bicyclic) bond motifs is 1. The van der Waals surface area contributed by atoms with E-state index in [0.29, 0.717) is 6.54 Å². The van der Waals surface area contributed by atoms with Crippen molar-refractivity contribution in [2.24, 2.45) is 5.73 Å². The van der Waals surface area contributed by atoms with Crippen molar-refractivity contribution in [1.29, 1.82) is 0 Å². The van der Waals surface area contributed by atoms with Gasteiger partial charge in [-0.05, 0) is 37.3 Å². The fourth-order valence-corrected chi connectivity index (χ4v) is 3.57. The van der Waals surface area contributed by atoms with Gasteiger partial charge in [-0.1, -0.05) is 29.8 Å². The molecule has 0 atom stereocenters. The zero-order chi connectivity index (χ0) is 17.2. The van der Waals surface area contributed by atoms with E-state index in [4.69, 9.17) is 10.7 Å². The lowest BCUT2D eigenvalue weighted by molar-refractivity contribution is 0.645. The van der Waals surface area contributed by atoms with Gasteiger partial charge in [-0.2, -0.15) is 0 Å². The molecular formula is C21H24N4. The van der Waals surface area contributed by atoms with Gasteiger partial charge in [0.25, 0.3) is 0 Å². The quantitative estimate of drug-likeness (QED) is 0.799. The third-order valence-corrected chi connectivity index (χ3v) is 4.95. The maximum atomic E-state index is 6.03. The molecule has 1 aliphatic rings. The summed E-state index contributed by atoms with van der Waals surface area (Å²) in [4.78, 5) is 9.75. The number of piperazine rings is 1. The molecule has 4 heteroatoms. The van der Waals surface area contributed by atoms with E-state index < -0.39 is 0 Å². The summed E-state index contributed by atoms with van der Waals surface area (Å²) in [5.41, 5.74) is 10.7. The van der Waals surface area contributed by atoms with Crippen LogP contribution in [0.3, 0.4) is 0 Å². The highest BCUT2D eigenvalue weighted by atomic mass is 15.3. The lowest BCUT2D eigenvalue weighted by Gasteiger charge is -2.37. The van der Waals surface area contributed by atoms with Gasteiger partial charge >= 0.3 is 0 Å². The van der Waals surface area contributed by atoms with E-state index >= 15 is 0 Å². The van der Waals surface area contributed by atoms with E-state index in [9.17, 15) is 0 Å². The summed E-state index contributed by atoms with van der Waals surface area (Å²) in [7, 11) is 0. The first-order valence-corrected chi connectivity index (χ1v) is 8.90. The average molecular weight is 332 g/mol. The first-order valence-electron chi connectivity index (χ1n) is 8.90. The molecule has 2 heterocycles. The largest absolute Gasteiger partial charge is 0.368 e. The third-order valence-electron chi connectivity index (χ3n) is 4.95. The SMILES string of the molecule is Cc1ccc2nc(N3CCN(c4ccccc4)CC3)c(CN)cc2c1. The van der Waals surface area contributed by atoms with Crippen LogP contribution < -0.4 is 15.5 Å². The second-order valence-electron chi connectivity index (χ2n) is 6.68. The maximum absolute atomic E-state index is 6.03. The molecule has 2 N–H and O–H groups in total. The van der Waals surface area contributed by atoms with Crippen molar-refractivity contribution in [2.75, 3.05) is 36.0 Å². The molecule has 0 radical (unpaired) electrons. The number of nitrogens with two attached hydrogens (primary N) is 1. The van der Waals surface area contributed by atoms with Crippen LogP contribution in [0.25, 0.3) is 10.9 Å². The van der Waals surface area contributed by atoms with Crippen LogP contribution in [-0.4, -0.2) is 31.2 Å². The summed E-state index contributed by atoms with van der Waals surface area (Å²) in [6.07, 6.45) is 0. The van der Waals surface area contributed by atoms with Gasteiger partial charge in [0.1, 0.15) is 5.82 Å². The van der Waals surface area contributed by atoms with E-state index in [1.807, 2.05) is 0 Å². The number of aryl methyl sites for hydroxylation is 1. The summed E-state index contributed by atoms with van der Waals surface area (Å²) in [5, 5.41) is 1.17. The van der Waals surface area contributed by atoms with Crippen molar-refractivity contribution in [2.45, 2.75) is 13.5 Å². The summed E-state index contributed by atoms with van der Waals surface area (Å²) < 4.78 is 0. The lowest BCUT2D eigenvalue weighted by atomic mass is 10.1. The van der Waals surface area contributed by atoms with Crippen molar-refractivity contribution >= 4 is 22.4 Å². The van der Waals surface area contributed by atoms with Crippen LogP contribution in [0.5, 0.6) is 0 Å². The number of benzene rings is 2. The lowest BCUT2D eigenvalue weighted by Crippen LogP contribution is -2.47. The molecule has 1 aliphatic heterocycles. The highest BCUT2D eigenvalue weighted by Crippen LogP contribution is 2.26. The van der Waals surface area contributed by atoms with Gasteiger partial charge in [0, 0.05) is 49.4 Å². The molecular weight excluding hydrogens is 308 g/mol. The number of pyridine rings is 1. The molecule has 0 bridgehead atoms. The molecule has 1 saturated heterocycles. The van der Waals surface area contributed by atoms with Crippen LogP contribution in [0.4, 0.5) is 11.5 Å². The molecule has 1 aromatic heterocycles. The number of para-hydroxylation sites is 1. The summed E-state index contributed by atoms with van der Waals surface area (Å²) in [5.74, 6) is 1.05. The Balaban J connectivity index is 1.59. The van der Waals surface area contributed by atoms with Crippen molar-refractivity contribution in [1.82, 2.24) is 4.98 Å². The van der Waals surface area contributed by atoms with Crippen molar-refractivity contribution < 1.29 is 0 Å². The monoisotopic (exact) mass is 332 g/mol. The first-order chi connectivity index (χ1) is 12.2. The highest BCUT2D eigenvalue weighted by molar-refractivity contribution is 5.82. The summed E-state index contributed by atoms with van der Waals surface area (Å²) in [6, 6.07) is 19.2. The van der Waals surface area contributed by atoms with Crippen LogP contribution in [0.2, 0.25) is 0 Å². The van der Waals surface area contributed by atoms with Gasteiger partial charge < -0.3 is 15.5 Å². The number of hydrogen-bond acceptors (Lipinski definition) is 4. The molecule has 0 amide bonds. The second-order valence-corrected chi connectivity index (χ2v) is 6.68. The van der Waals surface area contributed by atoms with Gasteiger partial charge in [0.2, 0.25) is 0 Å². The minimum atomic E-state index is 0.519. The van der Waals surface area contributed by atoms with E-state index in [2.05, 4.69) is 71.3 Å². The van der Waals surface area contributed by atoms with Gasteiger partial charge in [0.15, 0.2) is 0 Å². The summed E-state index contributed by atoms with van der Waals surface area (Å²) in [6.45, 7) is 6.56. The fraction of sp³-hybridized carbons (Fsp3) is 0.286. The molecule has 128 valence electrons. The van der Waals surface area contributed by atoms with E-state index in [1.54, 1.807) is 0 Å². The van der Waals surface area contributed by atoms with Gasteiger partial charge in [0.05, 0.1) is 5.52 Å². The number of nitrogens with zero attached hydrogens (tertiary/aromatic N) is 3. The van der Waals surface area contributed by atoms with E-state index in [0.717, 1.165) is 43.1 Å². The van der Waals surface area contributed by atoms with Crippen molar-refractivity contribution in [3.8, 4) is 0 Å². The fourth-order valence-electron chi connectivity index (χ4n) is 3.57. The molecule has 0 saturated carbocycles. The van der Waals surface area contributed by atoms with Crippen LogP contribution >= 0.6 is 0 Å². The second kappa shape index (κ2) is 6.73. The Hall–Kier alpha value is -2.59. The summed E-state index contributed by atoms with van der Waals surface area (Å²) >= 11 is 0. The normalized spacial score (nSPS) is 15.0. The predicted molar refractivity (Wildman–Crippen MR) is 105 cm³/mol. The number of hydrogen-bond donors (Lipinski definition) is 1. The number of anilines is 2. The Labute approximate surface area is 148 Å². The maximum Gasteiger partial charge on any atom is 0.133 e. The standard InChI is InChI=1S/C21H24N4/c1-16-7-8-20-17(13-16)14-18(15-22)21(23-20)25-11-9-24(10-12-25)19-5-3-2-4-6-19/h2-8,13-14H,9-12,15,22H2,1H3. The molecule has 3 aromatic rings. The van der Waals surface area contributed by atoms with Crippen LogP contribution in [0.15, 0.2) is 54.6 Å². The highest BCUT2D eigenvalue weighted by Gasteiger charge is 2.20. The van der Waals surface area contributed by atoms with Crippen LogP contribution in [0.1, 0.15) is 11.1 Å². The zero-order valence-electron chi connectivity index (χ0n) is 14.7. The topological polar surface area (TPSA) is 45.4 Å². The van der Waals surface area contributed by atoms with Crippen molar-refractivity contribution in [3.63, 3.8) is 0 Å². The molecule has 25 heavy (non-hydrogen) atoms. The molecule has 4 nitrogen and oxygen atoms in total. The predicted octanol–water partition coefficient (Wildman–Crippen LogP) is 3.33. The van der Waals surface area contributed by atoms with E-state index in [-0.39, 0.29) is 0 Å². The van der Waals surface area contributed by atoms with Crippen LogP contribution in [0, 0.1) is 6.92 Å². The first kappa shape index (κ1) is 15.9. The van der Waals surface area contributed by atoms with Gasteiger partial charge in [-0.15, -0.1) is 0 Å². The minimum Gasteiger partial charge on any atom is -0.368 e. The molecule has 1 fully saturated rings. The molecule has 0 unspecified atom stereocenters. The van der Waals surface area contributed by atoms with Crippen molar-refractivity contribution in [3.05, 3.63) is 65.7 Å². The Morgan fingerprint density at radius 3 is 2.36 bits per heavy atom. The zero-order valence-corrected chi connectivity index (χ0v) is 14.7. The Bertz CT molecular complexity index is 868. The third kappa shape index (κ3) is 3.17. The molecule has 4 rings (SSSR count). The number of aromatic nitrogens is 1. The van der Waals surface area contributed by atoms with E-state index in [1.165, 1.54) is 16.6 Å². The Kier molecular flexibility index (Phi) is 4.28. The Morgan fingerprint density at radius 2 is 1.64 bits per heavy atom. The van der Waals surface area contributed by atoms with Crippen LogP contribution in [-0.2, 0) is 6.54 Å². The Morgan fingerprint density at radius 1 is 0.920 bits per heavy atom. The number of rotatable bonds is 3. The average Bonchev–Trinajstić information content (AvgIpc) is 2.67. The minimum absolute atomic E-state index is 0.519. The van der Waals surface area contributed by atoms with Gasteiger partial charge in [-0.3, -0.25) is 0 Å².